The quantitative estimate of drug-likeness (QED) is 0.214. The fourth-order valence-electron chi connectivity index (χ4n) is 5.36. The molecule has 0 spiro atoms. The van der Waals surface area contributed by atoms with E-state index in [0.717, 1.165) is 57.6 Å². The second-order valence-electron chi connectivity index (χ2n) is 10.6. The van der Waals surface area contributed by atoms with Gasteiger partial charge in [0.1, 0.15) is 11.8 Å². The lowest BCUT2D eigenvalue weighted by Crippen LogP contribution is -2.53. The van der Waals surface area contributed by atoms with Gasteiger partial charge in [-0.25, -0.2) is 0 Å². The second kappa shape index (κ2) is 13.1. The van der Waals surface area contributed by atoms with Gasteiger partial charge >= 0.3 is 0 Å². The molecule has 1 aliphatic rings. The summed E-state index contributed by atoms with van der Waals surface area (Å²) in [4.78, 5) is 29.4. The Hall–Kier alpha value is -3.64. The molecule has 0 bridgehead atoms. The van der Waals surface area contributed by atoms with Crippen LogP contribution in [0.15, 0.2) is 95.5 Å². The summed E-state index contributed by atoms with van der Waals surface area (Å²) < 4.78 is 6.90. The highest BCUT2D eigenvalue weighted by Crippen LogP contribution is 2.33. The van der Waals surface area contributed by atoms with Crippen molar-refractivity contribution in [3.8, 4) is 5.75 Å². The first-order chi connectivity index (χ1) is 19.5. The molecule has 5 rings (SSSR count). The number of hydrogen-bond donors (Lipinski definition) is 1. The van der Waals surface area contributed by atoms with Gasteiger partial charge in [0.05, 0.1) is 4.47 Å². The minimum atomic E-state index is -0.666. The lowest BCUT2D eigenvalue weighted by molar-refractivity contribution is -0.143. The number of nitrogens with zero attached hydrogens (tertiary/aromatic N) is 1. The number of aryl methyl sites for hydroxylation is 1. The van der Waals surface area contributed by atoms with Crippen LogP contribution >= 0.6 is 15.9 Å². The van der Waals surface area contributed by atoms with Crippen molar-refractivity contribution in [1.29, 1.82) is 0 Å². The van der Waals surface area contributed by atoms with Crippen LogP contribution in [0, 0.1) is 6.92 Å². The largest absolute Gasteiger partial charge is 0.483 e. The molecule has 6 heteroatoms. The van der Waals surface area contributed by atoms with E-state index in [9.17, 15) is 9.59 Å². The third-order valence-corrected chi connectivity index (χ3v) is 8.44. The number of halogens is 1. The molecular formula is C34H35BrN2O3. The maximum atomic E-state index is 13.9. The topological polar surface area (TPSA) is 58.6 Å². The third kappa shape index (κ3) is 6.92. The Kier molecular flexibility index (Phi) is 9.17. The molecule has 0 saturated heterocycles. The molecule has 40 heavy (non-hydrogen) atoms. The number of carbonyl (C=O) groups excluding carboxylic acids is 2. The van der Waals surface area contributed by atoms with Crippen molar-refractivity contribution in [1.82, 2.24) is 10.2 Å². The number of carbonyl (C=O) groups is 2. The molecule has 1 atom stereocenters. The smallest absolute Gasteiger partial charge is 0.261 e. The number of benzene rings is 4. The van der Waals surface area contributed by atoms with E-state index < -0.39 is 6.04 Å². The summed E-state index contributed by atoms with van der Waals surface area (Å²) in [7, 11) is 0. The average Bonchev–Trinajstić information content (AvgIpc) is 3.49. The third-order valence-electron chi connectivity index (χ3n) is 7.63. The normalized spacial score (nSPS) is 14.2. The summed E-state index contributed by atoms with van der Waals surface area (Å²) in [6.45, 7) is 2.18. The summed E-state index contributed by atoms with van der Waals surface area (Å²) in [5.74, 6) is 0.253. The van der Waals surface area contributed by atoms with Gasteiger partial charge in [0.25, 0.3) is 5.91 Å². The molecule has 4 aromatic carbocycles. The van der Waals surface area contributed by atoms with Crippen LogP contribution in [0.3, 0.4) is 0 Å². The van der Waals surface area contributed by atoms with E-state index in [1.54, 1.807) is 4.90 Å². The van der Waals surface area contributed by atoms with Crippen LogP contribution in [0.5, 0.6) is 5.75 Å². The Morgan fingerprint density at radius 1 is 0.900 bits per heavy atom. The standard InChI is InChI=1S/C34H35BrN2O3/c1-24-15-17-26(18-16-24)22-37(32(38)23-40-31-20-19-27-11-5-8-14-29(27)33(31)35)30(21-25-9-3-2-4-10-25)34(39)36-28-12-6-7-13-28/h2-5,8-11,14-20,28,30H,6-7,12-13,21-23H2,1H3,(H,36,39)/t30-/m0/s1. The zero-order valence-electron chi connectivity index (χ0n) is 22.8. The lowest BCUT2D eigenvalue weighted by Gasteiger charge is -2.32. The fourth-order valence-corrected chi connectivity index (χ4v) is 5.97. The monoisotopic (exact) mass is 598 g/mol. The Labute approximate surface area is 244 Å². The molecule has 1 fully saturated rings. The molecule has 2 amide bonds. The first-order valence-electron chi connectivity index (χ1n) is 14.0. The first-order valence-corrected chi connectivity index (χ1v) is 14.8. The van der Waals surface area contributed by atoms with Crippen LogP contribution in [0.25, 0.3) is 10.8 Å². The summed E-state index contributed by atoms with van der Waals surface area (Å²) >= 11 is 3.66. The van der Waals surface area contributed by atoms with Gasteiger partial charge in [-0.3, -0.25) is 9.59 Å². The van der Waals surface area contributed by atoms with Crippen LogP contribution in [-0.4, -0.2) is 35.4 Å². The van der Waals surface area contributed by atoms with Crippen LogP contribution in [0.4, 0.5) is 0 Å². The van der Waals surface area contributed by atoms with Crippen molar-refractivity contribution in [2.75, 3.05) is 6.61 Å². The van der Waals surface area contributed by atoms with Gasteiger partial charge in [-0.05, 0) is 63.7 Å². The first kappa shape index (κ1) is 27.9. The maximum absolute atomic E-state index is 13.9. The zero-order chi connectivity index (χ0) is 27.9. The molecule has 0 heterocycles. The Morgan fingerprint density at radius 3 is 2.35 bits per heavy atom. The highest BCUT2D eigenvalue weighted by Gasteiger charge is 2.32. The number of amides is 2. The van der Waals surface area contributed by atoms with E-state index in [1.807, 2.05) is 97.9 Å². The SMILES string of the molecule is Cc1ccc(CN(C(=O)COc2ccc3ccccc3c2Br)[C@@H](Cc2ccccc2)C(=O)NC2CCCC2)cc1. The molecule has 1 N–H and O–H groups in total. The molecule has 206 valence electrons. The van der Waals surface area contributed by atoms with Gasteiger partial charge in [-0.2, -0.15) is 0 Å². The Morgan fingerprint density at radius 2 is 1.60 bits per heavy atom. The van der Waals surface area contributed by atoms with Gasteiger partial charge in [0.15, 0.2) is 6.61 Å². The van der Waals surface area contributed by atoms with Gasteiger partial charge in [0, 0.05) is 19.0 Å². The Bertz CT molecular complexity index is 1450. The minimum Gasteiger partial charge on any atom is -0.483 e. The molecule has 5 nitrogen and oxygen atoms in total. The van der Waals surface area contributed by atoms with E-state index in [4.69, 9.17) is 4.74 Å². The van der Waals surface area contributed by atoms with Crippen molar-refractivity contribution in [2.45, 2.75) is 57.7 Å². The summed E-state index contributed by atoms with van der Waals surface area (Å²) in [6, 6.07) is 29.4. The molecule has 4 aromatic rings. The molecule has 0 unspecified atom stereocenters. The second-order valence-corrected chi connectivity index (χ2v) is 11.4. The Balaban J connectivity index is 1.43. The average molecular weight is 600 g/mol. The molecular weight excluding hydrogens is 564 g/mol. The number of fused-ring (bicyclic) bond motifs is 1. The highest BCUT2D eigenvalue weighted by molar-refractivity contribution is 9.10. The number of hydrogen-bond acceptors (Lipinski definition) is 3. The molecule has 0 aliphatic heterocycles. The predicted octanol–water partition coefficient (Wildman–Crippen LogP) is 6.99. The van der Waals surface area contributed by atoms with Gasteiger partial charge in [0.2, 0.25) is 5.91 Å². The lowest BCUT2D eigenvalue weighted by atomic mass is 10.0. The van der Waals surface area contributed by atoms with Crippen molar-refractivity contribution in [3.63, 3.8) is 0 Å². The van der Waals surface area contributed by atoms with Crippen LogP contribution in [0.1, 0.15) is 42.4 Å². The minimum absolute atomic E-state index is 0.108. The zero-order valence-corrected chi connectivity index (χ0v) is 24.4. The molecule has 1 saturated carbocycles. The predicted molar refractivity (Wildman–Crippen MR) is 163 cm³/mol. The van der Waals surface area contributed by atoms with E-state index >= 15 is 0 Å². The van der Waals surface area contributed by atoms with Crippen molar-refractivity contribution >= 4 is 38.5 Å². The van der Waals surface area contributed by atoms with E-state index in [2.05, 4.69) is 21.2 Å². The number of rotatable bonds is 10. The van der Waals surface area contributed by atoms with Gasteiger partial charge in [-0.15, -0.1) is 0 Å². The van der Waals surface area contributed by atoms with Crippen molar-refractivity contribution in [2.24, 2.45) is 0 Å². The molecule has 0 aromatic heterocycles. The number of ether oxygens (including phenoxy) is 1. The highest BCUT2D eigenvalue weighted by atomic mass is 79.9. The summed E-state index contributed by atoms with van der Waals surface area (Å²) in [5.41, 5.74) is 3.12. The van der Waals surface area contributed by atoms with E-state index in [-0.39, 0.29) is 24.5 Å². The van der Waals surface area contributed by atoms with Gasteiger partial charge < -0.3 is 15.0 Å². The summed E-state index contributed by atoms with van der Waals surface area (Å²) in [6.07, 6.45) is 4.63. The van der Waals surface area contributed by atoms with Crippen LogP contribution in [-0.2, 0) is 22.6 Å². The van der Waals surface area contributed by atoms with Crippen molar-refractivity contribution in [3.05, 3.63) is 112 Å². The molecule has 0 radical (unpaired) electrons. The van der Waals surface area contributed by atoms with Crippen LogP contribution in [0.2, 0.25) is 0 Å². The van der Waals surface area contributed by atoms with Crippen LogP contribution < -0.4 is 10.1 Å². The summed E-state index contributed by atoms with van der Waals surface area (Å²) in [5, 5.41) is 5.35. The molecule has 1 aliphatic carbocycles. The number of nitrogens with one attached hydrogen (secondary N) is 1. The van der Waals surface area contributed by atoms with E-state index in [1.165, 1.54) is 0 Å². The van der Waals surface area contributed by atoms with Gasteiger partial charge in [-0.1, -0.05) is 103 Å². The maximum Gasteiger partial charge on any atom is 0.261 e. The van der Waals surface area contributed by atoms with Crippen molar-refractivity contribution < 1.29 is 14.3 Å². The van der Waals surface area contributed by atoms with E-state index in [0.29, 0.717) is 18.7 Å². The fraction of sp³-hybridized carbons (Fsp3) is 0.294.